The van der Waals surface area contributed by atoms with Gasteiger partial charge in [0, 0.05) is 22.6 Å². The zero-order valence-corrected chi connectivity index (χ0v) is 12.7. The highest BCUT2D eigenvalue weighted by atomic mass is 79.9. The molecule has 0 saturated carbocycles. The largest absolute Gasteiger partial charge is 0.384 e. The smallest absolute Gasteiger partial charge is 0.136 e. The number of halogens is 1. The Bertz CT molecular complexity index is 584. The molecule has 0 aliphatic rings. The molecule has 2 rings (SSSR count). The van der Waals surface area contributed by atoms with Gasteiger partial charge in [-0.2, -0.15) is 0 Å². The van der Waals surface area contributed by atoms with E-state index in [9.17, 15) is 0 Å². The zero-order chi connectivity index (χ0) is 13.8. The summed E-state index contributed by atoms with van der Waals surface area (Å²) < 4.78 is 1.06. The summed E-state index contributed by atoms with van der Waals surface area (Å²) in [5.74, 6) is 2.01. The normalized spacial score (nSPS) is 10.5. The molecule has 0 radical (unpaired) electrons. The molecule has 0 aliphatic carbocycles. The van der Waals surface area contributed by atoms with E-state index in [1.165, 1.54) is 0 Å². The van der Waals surface area contributed by atoms with Crippen LogP contribution in [0.3, 0.4) is 0 Å². The second-order valence-corrected chi connectivity index (χ2v) is 5.34. The first-order valence-electron chi connectivity index (χ1n) is 6.25. The summed E-state index contributed by atoms with van der Waals surface area (Å²) >= 11 is 3.45. The number of nitrogens with two attached hydrogens (primary N) is 1. The molecule has 100 valence electrons. The van der Waals surface area contributed by atoms with Crippen molar-refractivity contribution in [2.45, 2.75) is 26.7 Å². The Balaban J connectivity index is 2.27. The summed E-state index contributed by atoms with van der Waals surface area (Å²) in [6.07, 6.45) is 1.83. The molecule has 0 bridgehead atoms. The Hall–Kier alpha value is -1.62. The van der Waals surface area contributed by atoms with E-state index >= 15 is 0 Å². The van der Waals surface area contributed by atoms with E-state index in [4.69, 9.17) is 5.73 Å². The van der Waals surface area contributed by atoms with Gasteiger partial charge in [-0.1, -0.05) is 22.9 Å². The number of nitrogens with zero attached hydrogens (tertiary/aromatic N) is 2. The van der Waals surface area contributed by atoms with E-state index in [-0.39, 0.29) is 0 Å². The lowest BCUT2D eigenvalue weighted by Gasteiger charge is -2.10. The van der Waals surface area contributed by atoms with Gasteiger partial charge in [0.1, 0.15) is 17.5 Å². The fourth-order valence-electron chi connectivity index (χ4n) is 1.82. The van der Waals surface area contributed by atoms with Crippen LogP contribution in [-0.4, -0.2) is 9.97 Å². The van der Waals surface area contributed by atoms with Crippen LogP contribution >= 0.6 is 15.9 Å². The van der Waals surface area contributed by atoms with Gasteiger partial charge in [0.25, 0.3) is 0 Å². The van der Waals surface area contributed by atoms with Gasteiger partial charge in [-0.3, -0.25) is 0 Å². The molecule has 1 heterocycles. The fourth-order valence-corrected chi connectivity index (χ4v) is 2.30. The van der Waals surface area contributed by atoms with Crippen molar-refractivity contribution >= 4 is 33.3 Å². The summed E-state index contributed by atoms with van der Waals surface area (Å²) in [7, 11) is 0. The molecule has 1 aromatic carbocycles. The Labute approximate surface area is 121 Å². The number of rotatable bonds is 4. The highest BCUT2D eigenvalue weighted by molar-refractivity contribution is 9.10. The maximum absolute atomic E-state index is 5.81. The standard InChI is InChI=1S/C14H17BrN4/c1-3-4-13-18-12(16)8-14(19-13)17-11-6-5-10(15)7-9(11)2/h5-8H,3-4H2,1-2H3,(H3,16,17,18,19). The van der Waals surface area contributed by atoms with Crippen LogP contribution in [0, 0.1) is 6.92 Å². The fraction of sp³-hybridized carbons (Fsp3) is 0.286. The molecule has 3 N–H and O–H groups in total. The number of nitrogen functional groups attached to an aromatic ring is 1. The molecule has 0 amide bonds. The van der Waals surface area contributed by atoms with Gasteiger partial charge in [-0.15, -0.1) is 0 Å². The van der Waals surface area contributed by atoms with Crippen LogP contribution in [0.5, 0.6) is 0 Å². The number of aryl methyl sites for hydroxylation is 2. The topological polar surface area (TPSA) is 63.8 Å². The minimum atomic E-state index is 0.496. The van der Waals surface area contributed by atoms with Crippen molar-refractivity contribution in [3.8, 4) is 0 Å². The highest BCUT2D eigenvalue weighted by Gasteiger charge is 2.04. The molecular weight excluding hydrogens is 304 g/mol. The van der Waals surface area contributed by atoms with Crippen molar-refractivity contribution in [3.05, 3.63) is 40.1 Å². The number of anilines is 3. The van der Waals surface area contributed by atoms with Crippen molar-refractivity contribution < 1.29 is 0 Å². The Morgan fingerprint density at radius 1 is 1.26 bits per heavy atom. The van der Waals surface area contributed by atoms with E-state index in [1.807, 2.05) is 19.1 Å². The molecule has 0 aliphatic heterocycles. The Morgan fingerprint density at radius 2 is 2.05 bits per heavy atom. The van der Waals surface area contributed by atoms with Crippen LogP contribution in [0.1, 0.15) is 24.7 Å². The molecule has 0 fully saturated rings. The van der Waals surface area contributed by atoms with Crippen molar-refractivity contribution in [3.63, 3.8) is 0 Å². The quantitative estimate of drug-likeness (QED) is 0.898. The average molecular weight is 321 g/mol. The van der Waals surface area contributed by atoms with Crippen LogP contribution in [0.4, 0.5) is 17.3 Å². The lowest BCUT2D eigenvalue weighted by Crippen LogP contribution is -2.04. The lowest BCUT2D eigenvalue weighted by atomic mass is 10.2. The minimum Gasteiger partial charge on any atom is -0.384 e. The lowest BCUT2D eigenvalue weighted by molar-refractivity contribution is 0.839. The predicted molar refractivity (Wildman–Crippen MR) is 82.6 cm³/mol. The first kappa shape index (κ1) is 13.8. The number of hydrogen-bond donors (Lipinski definition) is 2. The summed E-state index contributed by atoms with van der Waals surface area (Å²) in [5, 5.41) is 3.29. The summed E-state index contributed by atoms with van der Waals surface area (Å²) in [4.78, 5) is 8.69. The van der Waals surface area contributed by atoms with E-state index < -0.39 is 0 Å². The zero-order valence-electron chi connectivity index (χ0n) is 11.1. The van der Waals surface area contributed by atoms with Crippen LogP contribution in [0.2, 0.25) is 0 Å². The van der Waals surface area contributed by atoms with E-state index in [1.54, 1.807) is 6.07 Å². The minimum absolute atomic E-state index is 0.496. The highest BCUT2D eigenvalue weighted by Crippen LogP contribution is 2.23. The van der Waals surface area contributed by atoms with Gasteiger partial charge in [0.05, 0.1) is 0 Å². The molecule has 4 nitrogen and oxygen atoms in total. The molecule has 0 saturated heterocycles. The maximum Gasteiger partial charge on any atom is 0.136 e. The van der Waals surface area contributed by atoms with Gasteiger partial charge in [0.2, 0.25) is 0 Å². The Morgan fingerprint density at radius 3 is 2.74 bits per heavy atom. The molecule has 2 aromatic rings. The SMILES string of the molecule is CCCc1nc(N)cc(Nc2ccc(Br)cc2C)n1. The Kier molecular flexibility index (Phi) is 4.37. The summed E-state index contributed by atoms with van der Waals surface area (Å²) in [6, 6.07) is 7.81. The monoisotopic (exact) mass is 320 g/mol. The second kappa shape index (κ2) is 6.02. The van der Waals surface area contributed by atoms with E-state index in [0.29, 0.717) is 5.82 Å². The van der Waals surface area contributed by atoms with Gasteiger partial charge in [0.15, 0.2) is 0 Å². The molecule has 0 unspecified atom stereocenters. The average Bonchev–Trinajstić information content (AvgIpc) is 2.32. The van der Waals surface area contributed by atoms with E-state index in [2.05, 4.69) is 44.2 Å². The maximum atomic E-state index is 5.81. The predicted octanol–water partition coefficient (Wildman–Crippen LogP) is 3.83. The molecular formula is C14H17BrN4. The van der Waals surface area contributed by atoms with Crippen molar-refractivity contribution in [1.82, 2.24) is 9.97 Å². The van der Waals surface area contributed by atoms with Crippen molar-refractivity contribution in [1.29, 1.82) is 0 Å². The number of nitrogens with one attached hydrogen (secondary N) is 1. The number of aromatic nitrogens is 2. The first-order valence-corrected chi connectivity index (χ1v) is 7.04. The van der Waals surface area contributed by atoms with Crippen LogP contribution in [0.15, 0.2) is 28.7 Å². The molecule has 0 atom stereocenters. The van der Waals surface area contributed by atoms with E-state index in [0.717, 1.165) is 40.2 Å². The van der Waals surface area contributed by atoms with Gasteiger partial charge in [-0.25, -0.2) is 9.97 Å². The van der Waals surface area contributed by atoms with Gasteiger partial charge < -0.3 is 11.1 Å². The second-order valence-electron chi connectivity index (χ2n) is 4.43. The number of benzene rings is 1. The van der Waals surface area contributed by atoms with Crippen LogP contribution in [0.25, 0.3) is 0 Å². The molecule has 5 heteroatoms. The summed E-state index contributed by atoms with van der Waals surface area (Å²) in [6.45, 7) is 4.14. The summed E-state index contributed by atoms with van der Waals surface area (Å²) in [5.41, 5.74) is 7.97. The first-order chi connectivity index (χ1) is 9.08. The third-order valence-electron chi connectivity index (χ3n) is 2.72. The molecule has 1 aromatic heterocycles. The molecule has 0 spiro atoms. The third-order valence-corrected chi connectivity index (χ3v) is 3.21. The van der Waals surface area contributed by atoms with Crippen LogP contribution < -0.4 is 11.1 Å². The van der Waals surface area contributed by atoms with Gasteiger partial charge >= 0.3 is 0 Å². The van der Waals surface area contributed by atoms with Crippen molar-refractivity contribution in [2.75, 3.05) is 11.1 Å². The van der Waals surface area contributed by atoms with Crippen LogP contribution in [-0.2, 0) is 6.42 Å². The molecule has 19 heavy (non-hydrogen) atoms. The third kappa shape index (κ3) is 3.67. The van der Waals surface area contributed by atoms with Crippen molar-refractivity contribution in [2.24, 2.45) is 0 Å². The van der Waals surface area contributed by atoms with Gasteiger partial charge in [-0.05, 0) is 37.1 Å². The number of hydrogen-bond acceptors (Lipinski definition) is 4.